The summed E-state index contributed by atoms with van der Waals surface area (Å²) in [5.74, 6) is 0.335. The van der Waals surface area contributed by atoms with E-state index in [0.717, 1.165) is 11.1 Å². The molecule has 120 valence electrons. The van der Waals surface area contributed by atoms with Gasteiger partial charge in [-0.25, -0.2) is 10.2 Å². The van der Waals surface area contributed by atoms with Gasteiger partial charge in [-0.2, -0.15) is 5.10 Å². The van der Waals surface area contributed by atoms with Gasteiger partial charge in [0.1, 0.15) is 5.75 Å². The third-order valence-electron chi connectivity index (χ3n) is 2.68. The number of aliphatic carboxylic acids is 1. The van der Waals surface area contributed by atoms with Gasteiger partial charge in [0.2, 0.25) is 0 Å². The first-order valence-corrected chi connectivity index (χ1v) is 7.48. The fourth-order valence-corrected chi connectivity index (χ4v) is 2.33. The zero-order valence-electron chi connectivity index (χ0n) is 12.6. The number of carboxylic acids is 1. The summed E-state index contributed by atoms with van der Waals surface area (Å²) in [5, 5.41) is 12.6. The SMILES string of the molecule is COC(=O)N/N=C(/C)c1ccc(OC)c(CSCC(=O)O)c1. The molecule has 8 heteroatoms. The number of carbonyl (C=O) groups is 2. The molecule has 0 unspecified atom stereocenters. The minimum absolute atomic E-state index is 0.0182. The van der Waals surface area contributed by atoms with Crippen LogP contribution in [-0.4, -0.2) is 42.9 Å². The second-order valence-electron chi connectivity index (χ2n) is 4.21. The smallest absolute Gasteiger partial charge is 0.427 e. The molecule has 0 aliphatic rings. The summed E-state index contributed by atoms with van der Waals surface area (Å²) in [4.78, 5) is 21.6. The number of ether oxygens (including phenoxy) is 2. The van der Waals surface area contributed by atoms with E-state index in [1.165, 1.54) is 18.9 Å². The summed E-state index contributed by atoms with van der Waals surface area (Å²) in [6.07, 6.45) is -0.648. The summed E-state index contributed by atoms with van der Waals surface area (Å²) in [5.41, 5.74) is 4.50. The summed E-state index contributed by atoms with van der Waals surface area (Å²) < 4.78 is 9.70. The van der Waals surface area contributed by atoms with Crippen molar-refractivity contribution in [1.82, 2.24) is 5.43 Å². The van der Waals surface area contributed by atoms with Crippen molar-refractivity contribution < 1.29 is 24.2 Å². The Hall–Kier alpha value is -2.22. The lowest BCUT2D eigenvalue weighted by molar-refractivity contribution is -0.133. The van der Waals surface area contributed by atoms with E-state index in [1.54, 1.807) is 20.1 Å². The molecule has 2 N–H and O–H groups in total. The van der Waals surface area contributed by atoms with Crippen molar-refractivity contribution in [3.63, 3.8) is 0 Å². The third-order valence-corrected chi connectivity index (χ3v) is 3.65. The second-order valence-corrected chi connectivity index (χ2v) is 5.20. The molecule has 0 aromatic heterocycles. The molecular weight excluding hydrogens is 308 g/mol. The van der Waals surface area contributed by atoms with E-state index in [1.807, 2.05) is 12.1 Å². The first kappa shape index (κ1) is 17.8. The number of carbonyl (C=O) groups excluding carboxylic acids is 1. The quantitative estimate of drug-likeness (QED) is 0.588. The molecule has 22 heavy (non-hydrogen) atoms. The van der Waals surface area contributed by atoms with E-state index < -0.39 is 12.1 Å². The number of thioether (sulfide) groups is 1. The molecule has 0 heterocycles. The summed E-state index contributed by atoms with van der Waals surface area (Å²) in [6, 6.07) is 5.44. The van der Waals surface area contributed by atoms with Gasteiger partial charge < -0.3 is 14.6 Å². The molecule has 0 atom stereocenters. The van der Waals surface area contributed by atoms with Crippen LogP contribution in [0.2, 0.25) is 0 Å². The van der Waals surface area contributed by atoms with Crippen LogP contribution >= 0.6 is 11.8 Å². The molecular formula is C14H18N2O5S. The highest BCUT2D eigenvalue weighted by Gasteiger charge is 2.08. The Morgan fingerprint density at radius 2 is 2.09 bits per heavy atom. The number of amides is 1. The lowest BCUT2D eigenvalue weighted by Crippen LogP contribution is -2.18. The third kappa shape index (κ3) is 5.65. The van der Waals surface area contributed by atoms with Crippen molar-refractivity contribution in [3.8, 4) is 5.75 Å². The fraction of sp³-hybridized carbons (Fsp3) is 0.357. The van der Waals surface area contributed by atoms with Crippen LogP contribution < -0.4 is 10.2 Å². The van der Waals surface area contributed by atoms with Crippen molar-refractivity contribution >= 4 is 29.5 Å². The van der Waals surface area contributed by atoms with Gasteiger partial charge in [-0.1, -0.05) is 0 Å². The summed E-state index contributed by atoms with van der Waals surface area (Å²) in [6.45, 7) is 1.74. The Balaban J connectivity index is 2.88. The first-order chi connectivity index (χ1) is 10.5. The number of carboxylic acid groups (broad SMARTS) is 1. The predicted octanol–water partition coefficient (Wildman–Crippen LogP) is 2.09. The topological polar surface area (TPSA) is 97.2 Å². The lowest BCUT2D eigenvalue weighted by Gasteiger charge is -2.10. The van der Waals surface area contributed by atoms with Crippen LogP contribution in [-0.2, 0) is 15.3 Å². The van der Waals surface area contributed by atoms with Crippen molar-refractivity contribution in [2.75, 3.05) is 20.0 Å². The van der Waals surface area contributed by atoms with Crippen LogP contribution in [0.1, 0.15) is 18.1 Å². The van der Waals surface area contributed by atoms with E-state index in [9.17, 15) is 9.59 Å². The van der Waals surface area contributed by atoms with Gasteiger partial charge >= 0.3 is 12.1 Å². The van der Waals surface area contributed by atoms with E-state index in [-0.39, 0.29) is 5.75 Å². The van der Waals surface area contributed by atoms with E-state index in [4.69, 9.17) is 9.84 Å². The molecule has 0 fully saturated rings. The van der Waals surface area contributed by atoms with E-state index in [2.05, 4.69) is 15.3 Å². The number of benzene rings is 1. The fourth-order valence-electron chi connectivity index (χ4n) is 1.60. The maximum Gasteiger partial charge on any atom is 0.427 e. The number of hydrogen-bond donors (Lipinski definition) is 2. The van der Waals surface area contributed by atoms with Gasteiger partial charge in [0.05, 0.1) is 25.7 Å². The molecule has 0 saturated carbocycles. The van der Waals surface area contributed by atoms with Gasteiger partial charge in [0, 0.05) is 11.3 Å². The predicted molar refractivity (Wildman–Crippen MR) is 84.5 cm³/mol. The highest BCUT2D eigenvalue weighted by Crippen LogP contribution is 2.24. The molecule has 0 aliphatic carbocycles. The number of nitrogens with zero attached hydrogens (tertiary/aromatic N) is 1. The average molecular weight is 326 g/mol. The number of hydrazone groups is 1. The van der Waals surface area contributed by atoms with Gasteiger partial charge in [-0.15, -0.1) is 11.8 Å². The Morgan fingerprint density at radius 1 is 1.36 bits per heavy atom. The number of hydrogen-bond acceptors (Lipinski definition) is 6. The standard InChI is InChI=1S/C14H18N2O5S/c1-9(15-16-14(19)21-3)10-4-5-12(20-2)11(6-10)7-22-8-13(17)18/h4-6H,7-8H2,1-3H3,(H,16,19)(H,17,18)/b15-9-. The van der Waals surface area contributed by atoms with Crippen LogP contribution in [0, 0.1) is 0 Å². The van der Waals surface area contributed by atoms with Crippen molar-refractivity contribution in [2.45, 2.75) is 12.7 Å². The molecule has 0 aliphatic heterocycles. The Morgan fingerprint density at radius 3 is 2.68 bits per heavy atom. The second kappa shape index (κ2) is 8.93. The molecule has 0 saturated heterocycles. The number of nitrogens with one attached hydrogen (secondary N) is 1. The Bertz CT molecular complexity index is 574. The lowest BCUT2D eigenvalue weighted by atomic mass is 10.1. The maximum absolute atomic E-state index is 11.0. The van der Waals surface area contributed by atoms with Gasteiger partial charge in [-0.05, 0) is 30.7 Å². The van der Waals surface area contributed by atoms with Crippen LogP contribution in [0.3, 0.4) is 0 Å². The Kier molecular flexibility index (Phi) is 7.24. The number of rotatable bonds is 7. The van der Waals surface area contributed by atoms with Crippen LogP contribution in [0.15, 0.2) is 23.3 Å². The molecule has 1 rings (SSSR count). The monoisotopic (exact) mass is 326 g/mol. The number of methoxy groups -OCH3 is 2. The van der Waals surface area contributed by atoms with E-state index >= 15 is 0 Å². The van der Waals surface area contributed by atoms with Crippen molar-refractivity contribution in [2.24, 2.45) is 5.10 Å². The molecule has 0 bridgehead atoms. The largest absolute Gasteiger partial charge is 0.496 e. The summed E-state index contributed by atoms with van der Waals surface area (Å²) >= 11 is 1.28. The zero-order valence-corrected chi connectivity index (χ0v) is 13.4. The van der Waals surface area contributed by atoms with Crippen molar-refractivity contribution in [3.05, 3.63) is 29.3 Å². The Labute approximate surface area is 132 Å². The highest BCUT2D eigenvalue weighted by molar-refractivity contribution is 7.99. The molecule has 1 amide bonds. The molecule has 7 nitrogen and oxygen atoms in total. The van der Waals surface area contributed by atoms with Gasteiger partial charge in [-0.3, -0.25) is 4.79 Å². The molecule has 0 spiro atoms. The average Bonchev–Trinajstić information content (AvgIpc) is 2.51. The molecule has 0 radical (unpaired) electrons. The minimum atomic E-state index is -0.861. The van der Waals surface area contributed by atoms with Gasteiger partial charge in [0.25, 0.3) is 0 Å². The van der Waals surface area contributed by atoms with Crippen molar-refractivity contribution in [1.29, 1.82) is 0 Å². The minimum Gasteiger partial charge on any atom is -0.496 e. The van der Waals surface area contributed by atoms with Crippen LogP contribution in [0.25, 0.3) is 0 Å². The molecule has 1 aromatic rings. The normalized spacial score (nSPS) is 11.0. The first-order valence-electron chi connectivity index (χ1n) is 6.33. The van der Waals surface area contributed by atoms with Crippen LogP contribution in [0.4, 0.5) is 4.79 Å². The van der Waals surface area contributed by atoms with Crippen LogP contribution in [0.5, 0.6) is 5.75 Å². The maximum atomic E-state index is 11.0. The van der Waals surface area contributed by atoms with Gasteiger partial charge in [0.15, 0.2) is 0 Å². The highest BCUT2D eigenvalue weighted by atomic mass is 32.2. The zero-order chi connectivity index (χ0) is 16.5. The molecule has 1 aromatic carbocycles. The summed E-state index contributed by atoms with van der Waals surface area (Å²) in [7, 11) is 2.81. The van der Waals surface area contributed by atoms with E-state index in [0.29, 0.717) is 17.2 Å².